The molecular formula is C36H27F2N5O4. The number of carbonyl (C=O) groups is 1. The molecule has 0 bridgehead atoms. The van der Waals surface area contributed by atoms with Gasteiger partial charge in [0, 0.05) is 55.2 Å². The molecule has 0 saturated heterocycles. The number of pyridine rings is 1. The van der Waals surface area contributed by atoms with Crippen LogP contribution in [0, 0.1) is 23.5 Å². The molecule has 3 aromatic carbocycles. The van der Waals surface area contributed by atoms with E-state index in [2.05, 4.69) is 31.8 Å². The minimum absolute atomic E-state index is 0.0617. The molecule has 0 radical (unpaired) electrons. The maximum absolute atomic E-state index is 15.5. The Balaban J connectivity index is 1.16. The third-order valence-corrected chi connectivity index (χ3v) is 7.35. The molecule has 0 unspecified atom stereocenters. The van der Waals surface area contributed by atoms with Crippen molar-refractivity contribution in [1.29, 1.82) is 0 Å². The molecule has 0 aliphatic rings. The Morgan fingerprint density at radius 3 is 2.45 bits per heavy atom. The molecule has 0 atom stereocenters. The zero-order valence-corrected chi connectivity index (χ0v) is 25.2. The predicted octanol–water partition coefficient (Wildman–Crippen LogP) is 6.08. The van der Waals surface area contributed by atoms with E-state index in [9.17, 15) is 14.3 Å². The fourth-order valence-electron chi connectivity index (χ4n) is 4.95. The number of rotatable bonds is 10. The van der Waals surface area contributed by atoms with Crippen LogP contribution in [0.3, 0.4) is 0 Å². The van der Waals surface area contributed by atoms with Crippen molar-refractivity contribution in [3.63, 3.8) is 0 Å². The summed E-state index contributed by atoms with van der Waals surface area (Å²) < 4.78 is 43.1. The van der Waals surface area contributed by atoms with Crippen LogP contribution in [-0.4, -0.2) is 49.3 Å². The number of halogens is 2. The van der Waals surface area contributed by atoms with Gasteiger partial charge in [-0.3, -0.25) is 0 Å². The highest BCUT2D eigenvalue weighted by molar-refractivity contribution is 5.92. The topological polar surface area (TPSA) is 112 Å². The summed E-state index contributed by atoms with van der Waals surface area (Å²) in [6.07, 6.45) is 4.74. The zero-order valence-electron chi connectivity index (χ0n) is 25.2. The fraction of sp³-hybridized carbons (Fsp3) is 0.139. The summed E-state index contributed by atoms with van der Waals surface area (Å²) in [5.41, 5.74) is 4.27. The van der Waals surface area contributed by atoms with Gasteiger partial charge in [0.2, 0.25) is 5.88 Å². The van der Waals surface area contributed by atoms with E-state index in [4.69, 9.17) is 9.47 Å². The normalized spacial score (nSPS) is 10.9. The number of imidazole rings is 1. The first kappa shape index (κ1) is 31.0. The molecule has 0 fully saturated rings. The lowest BCUT2D eigenvalue weighted by Gasteiger charge is -2.11. The first-order valence-corrected chi connectivity index (χ1v) is 14.5. The molecule has 9 nitrogen and oxygen atoms in total. The summed E-state index contributed by atoms with van der Waals surface area (Å²) in [7, 11) is 1.57. The third kappa shape index (κ3) is 7.30. The molecule has 6 rings (SSSR count). The van der Waals surface area contributed by atoms with Crippen LogP contribution in [0.15, 0.2) is 91.5 Å². The van der Waals surface area contributed by atoms with Crippen molar-refractivity contribution in [2.45, 2.75) is 19.6 Å². The van der Waals surface area contributed by atoms with Gasteiger partial charge in [-0.05, 0) is 48.0 Å². The van der Waals surface area contributed by atoms with Gasteiger partial charge in [0.1, 0.15) is 30.4 Å². The zero-order chi connectivity index (χ0) is 32.8. The molecule has 3 heterocycles. The summed E-state index contributed by atoms with van der Waals surface area (Å²) in [6, 6.07) is 19.3. The Labute approximate surface area is 268 Å². The average Bonchev–Trinajstić information content (AvgIpc) is 3.43. The molecule has 3 aromatic heterocycles. The summed E-state index contributed by atoms with van der Waals surface area (Å²) in [5.74, 6) is 4.67. The Morgan fingerprint density at radius 1 is 0.894 bits per heavy atom. The van der Waals surface area contributed by atoms with Crippen molar-refractivity contribution >= 4 is 17.0 Å². The Morgan fingerprint density at radius 2 is 1.68 bits per heavy atom. The Bertz CT molecular complexity index is 2140. The van der Waals surface area contributed by atoms with Crippen LogP contribution in [0.5, 0.6) is 5.88 Å². The van der Waals surface area contributed by atoms with E-state index in [0.717, 1.165) is 0 Å². The number of fused-ring (bicyclic) bond motifs is 1. The second-order valence-electron chi connectivity index (χ2n) is 10.5. The van der Waals surface area contributed by atoms with Crippen molar-refractivity contribution in [2.75, 3.05) is 13.7 Å². The lowest BCUT2D eigenvalue weighted by atomic mass is 10.1. The lowest BCUT2D eigenvalue weighted by Crippen LogP contribution is -2.10. The van der Waals surface area contributed by atoms with E-state index in [-0.39, 0.29) is 24.5 Å². The molecule has 0 aliphatic carbocycles. The van der Waals surface area contributed by atoms with E-state index in [1.54, 1.807) is 74.1 Å². The number of carboxylic acids is 1. The number of hydrogen-bond acceptors (Lipinski definition) is 7. The van der Waals surface area contributed by atoms with Crippen LogP contribution in [-0.2, 0) is 24.3 Å². The van der Waals surface area contributed by atoms with Crippen LogP contribution in [0.1, 0.15) is 38.4 Å². The van der Waals surface area contributed by atoms with E-state index in [0.29, 0.717) is 63.5 Å². The van der Waals surface area contributed by atoms with E-state index in [1.807, 2.05) is 4.57 Å². The molecule has 0 spiro atoms. The SMILES string of the molecule is COCCn1c(Cc2ccc(-c3cccc(OCc4ccc(C#Cc5cncnc5)cc4F)n3)cc2F)nc2ccc(C(=O)O)cc21. The number of benzene rings is 3. The molecule has 0 amide bonds. The van der Waals surface area contributed by atoms with Crippen LogP contribution >= 0.6 is 0 Å². The summed E-state index contributed by atoms with van der Waals surface area (Å²) >= 11 is 0. The summed E-state index contributed by atoms with van der Waals surface area (Å²) in [5, 5.41) is 9.44. The van der Waals surface area contributed by atoms with E-state index >= 15 is 4.39 Å². The largest absolute Gasteiger partial charge is 0.478 e. The molecule has 234 valence electrons. The van der Waals surface area contributed by atoms with Crippen molar-refractivity contribution in [3.05, 3.63) is 137 Å². The highest BCUT2D eigenvalue weighted by Crippen LogP contribution is 2.26. The van der Waals surface area contributed by atoms with Crippen LogP contribution < -0.4 is 4.74 Å². The quantitative estimate of drug-likeness (QED) is 0.181. The monoisotopic (exact) mass is 631 g/mol. The maximum atomic E-state index is 15.5. The van der Waals surface area contributed by atoms with Gasteiger partial charge < -0.3 is 19.1 Å². The van der Waals surface area contributed by atoms with Crippen molar-refractivity contribution in [1.82, 2.24) is 24.5 Å². The standard InChI is InChI=1S/C36H27F2N5O4/c1-46-14-13-43-33-17-27(36(44)45)11-12-32(33)41-34(43)18-25-9-10-26(16-30(25)38)31-3-2-4-35(42-31)47-21-28-8-7-23(15-29(28)37)5-6-24-19-39-22-40-20-24/h2-4,7-12,15-17,19-20,22H,13-14,18,21H2,1H3,(H,44,45). The number of aromatic carboxylic acids is 1. The average molecular weight is 632 g/mol. The first-order chi connectivity index (χ1) is 22.9. The molecule has 1 N–H and O–H groups in total. The molecular weight excluding hydrogens is 604 g/mol. The first-order valence-electron chi connectivity index (χ1n) is 14.5. The van der Waals surface area contributed by atoms with Crippen LogP contribution in [0.2, 0.25) is 0 Å². The van der Waals surface area contributed by atoms with Gasteiger partial charge in [-0.15, -0.1) is 0 Å². The second kappa shape index (κ2) is 14.0. The number of aromatic nitrogens is 5. The van der Waals surface area contributed by atoms with Crippen molar-refractivity contribution < 1.29 is 28.2 Å². The Hall–Kier alpha value is -5.99. The van der Waals surface area contributed by atoms with Gasteiger partial charge in [-0.2, -0.15) is 0 Å². The van der Waals surface area contributed by atoms with Crippen LogP contribution in [0.25, 0.3) is 22.3 Å². The fourth-order valence-corrected chi connectivity index (χ4v) is 4.95. The van der Waals surface area contributed by atoms with Gasteiger partial charge in [-0.1, -0.05) is 36.1 Å². The molecule has 6 aromatic rings. The molecule has 0 saturated carbocycles. The van der Waals surface area contributed by atoms with Crippen LogP contribution in [0.4, 0.5) is 8.78 Å². The van der Waals surface area contributed by atoms with Gasteiger partial charge in [0.15, 0.2) is 0 Å². The highest BCUT2D eigenvalue weighted by Gasteiger charge is 2.16. The Kier molecular flexibility index (Phi) is 9.22. The minimum atomic E-state index is -1.04. The highest BCUT2D eigenvalue weighted by atomic mass is 19.1. The van der Waals surface area contributed by atoms with Gasteiger partial charge in [-0.25, -0.2) is 33.5 Å². The maximum Gasteiger partial charge on any atom is 0.335 e. The molecule has 11 heteroatoms. The summed E-state index contributed by atoms with van der Waals surface area (Å²) in [6.45, 7) is 0.737. The second-order valence-corrected chi connectivity index (χ2v) is 10.5. The number of carboxylic acid groups (broad SMARTS) is 1. The lowest BCUT2D eigenvalue weighted by molar-refractivity contribution is 0.0697. The van der Waals surface area contributed by atoms with Crippen molar-refractivity contribution in [3.8, 4) is 29.0 Å². The molecule has 47 heavy (non-hydrogen) atoms. The number of hydrogen-bond donors (Lipinski definition) is 1. The summed E-state index contributed by atoms with van der Waals surface area (Å²) in [4.78, 5) is 28.5. The van der Waals surface area contributed by atoms with E-state index in [1.165, 1.54) is 24.5 Å². The van der Waals surface area contributed by atoms with E-state index < -0.39 is 17.6 Å². The smallest absolute Gasteiger partial charge is 0.335 e. The number of nitrogens with zero attached hydrogens (tertiary/aromatic N) is 5. The predicted molar refractivity (Wildman–Crippen MR) is 170 cm³/mol. The number of methoxy groups -OCH3 is 1. The number of ether oxygens (including phenoxy) is 2. The third-order valence-electron chi connectivity index (χ3n) is 7.35. The minimum Gasteiger partial charge on any atom is -0.478 e. The van der Waals surface area contributed by atoms with Gasteiger partial charge in [0.05, 0.1) is 34.5 Å². The van der Waals surface area contributed by atoms with Gasteiger partial charge in [0.25, 0.3) is 0 Å². The molecule has 0 aliphatic heterocycles. The van der Waals surface area contributed by atoms with Gasteiger partial charge >= 0.3 is 5.97 Å². The van der Waals surface area contributed by atoms with Crippen molar-refractivity contribution in [2.24, 2.45) is 0 Å².